The first-order valence-corrected chi connectivity index (χ1v) is 4.31. The minimum atomic E-state index is -1.76. The lowest BCUT2D eigenvalue weighted by molar-refractivity contribution is 0.400. The van der Waals surface area contributed by atoms with Crippen molar-refractivity contribution in [2.45, 2.75) is 26.2 Å². The quantitative estimate of drug-likeness (QED) is 0.392. The molecule has 1 atom stereocenters. The third-order valence-electron chi connectivity index (χ3n) is 2.27. The van der Waals surface area contributed by atoms with Crippen LogP contribution < -0.4 is 0 Å². The largest absolute Gasteiger partial charge is 0.204 e. The van der Waals surface area contributed by atoms with Gasteiger partial charge in [0, 0.05) is 0 Å². The second-order valence-corrected chi connectivity index (χ2v) is 3.20. The van der Waals surface area contributed by atoms with Crippen molar-refractivity contribution in [2.75, 3.05) is 0 Å². The van der Waals surface area contributed by atoms with Crippen LogP contribution in [0.3, 0.4) is 0 Å². The van der Waals surface area contributed by atoms with E-state index in [1.165, 1.54) is 0 Å². The summed E-state index contributed by atoms with van der Waals surface area (Å²) in [6, 6.07) is 0.710. The molecule has 0 aliphatic heterocycles. The van der Waals surface area contributed by atoms with Gasteiger partial charge >= 0.3 is 0 Å². The van der Waals surface area contributed by atoms with E-state index in [1.807, 2.05) is 0 Å². The van der Waals surface area contributed by atoms with Gasteiger partial charge in [0.25, 0.3) is 0 Å². The van der Waals surface area contributed by atoms with E-state index < -0.39 is 23.3 Å². The molecule has 14 heavy (non-hydrogen) atoms. The molecule has 0 N–H and O–H groups in total. The van der Waals surface area contributed by atoms with Crippen LogP contribution in [0.5, 0.6) is 0 Å². The number of benzene rings is 1. The number of hydrogen-bond donors (Lipinski definition) is 0. The van der Waals surface area contributed by atoms with Crippen molar-refractivity contribution in [3.05, 3.63) is 34.9 Å². The maximum absolute atomic E-state index is 13.1. The first-order valence-electron chi connectivity index (χ1n) is 4.31. The summed E-state index contributed by atoms with van der Waals surface area (Å²) >= 11 is 0. The van der Waals surface area contributed by atoms with E-state index in [-0.39, 0.29) is 11.5 Å². The predicted octanol–water partition coefficient (Wildman–Crippen LogP) is 3.76. The van der Waals surface area contributed by atoms with Crippen LogP contribution in [0.2, 0.25) is 0 Å². The first kappa shape index (κ1) is 11.0. The summed E-state index contributed by atoms with van der Waals surface area (Å²) in [5.41, 5.74) is -0.121. The van der Waals surface area contributed by atoms with Gasteiger partial charge in [-0.15, -0.1) is 0 Å². The van der Waals surface area contributed by atoms with Gasteiger partial charge < -0.3 is 0 Å². The van der Waals surface area contributed by atoms with Crippen LogP contribution in [0.1, 0.15) is 31.7 Å². The van der Waals surface area contributed by atoms with Gasteiger partial charge in [-0.1, -0.05) is 13.8 Å². The Balaban J connectivity index is 3.33. The Morgan fingerprint density at radius 3 is 2.14 bits per heavy atom. The van der Waals surface area contributed by atoms with Gasteiger partial charge in [0.05, 0.1) is 0 Å². The fourth-order valence-electron chi connectivity index (χ4n) is 1.17. The third-order valence-corrected chi connectivity index (χ3v) is 2.27. The molecule has 0 bridgehead atoms. The molecule has 0 fully saturated rings. The van der Waals surface area contributed by atoms with Crippen molar-refractivity contribution < 1.29 is 17.6 Å². The van der Waals surface area contributed by atoms with Crippen LogP contribution in [0.25, 0.3) is 0 Å². The van der Waals surface area contributed by atoms with E-state index in [0.717, 1.165) is 0 Å². The van der Waals surface area contributed by atoms with Gasteiger partial charge in [-0.2, -0.15) is 0 Å². The molecule has 0 nitrogen and oxygen atoms in total. The Hall–Kier alpha value is -1.06. The van der Waals surface area contributed by atoms with E-state index in [0.29, 0.717) is 12.5 Å². The zero-order chi connectivity index (χ0) is 10.9. The smallest absolute Gasteiger partial charge is 0.197 e. The minimum Gasteiger partial charge on any atom is -0.204 e. The second kappa shape index (κ2) is 3.98. The molecule has 0 amide bonds. The van der Waals surface area contributed by atoms with Gasteiger partial charge in [0.1, 0.15) is 0 Å². The van der Waals surface area contributed by atoms with Gasteiger partial charge in [0.15, 0.2) is 23.3 Å². The van der Waals surface area contributed by atoms with E-state index in [2.05, 4.69) is 0 Å². The van der Waals surface area contributed by atoms with Crippen LogP contribution in [-0.4, -0.2) is 0 Å². The molecule has 0 aliphatic rings. The summed E-state index contributed by atoms with van der Waals surface area (Å²) in [5, 5.41) is 0. The fraction of sp³-hybridized carbons (Fsp3) is 0.400. The topological polar surface area (TPSA) is 0 Å². The van der Waals surface area contributed by atoms with E-state index in [9.17, 15) is 17.6 Å². The van der Waals surface area contributed by atoms with Crippen LogP contribution in [0.15, 0.2) is 6.07 Å². The Labute approximate surface area is 79.6 Å². The summed E-state index contributed by atoms with van der Waals surface area (Å²) in [5.74, 6) is -6.47. The highest BCUT2D eigenvalue weighted by Gasteiger charge is 2.20. The molecule has 4 heteroatoms. The molecule has 0 saturated carbocycles. The van der Waals surface area contributed by atoms with Crippen molar-refractivity contribution in [1.29, 1.82) is 0 Å². The molecule has 1 rings (SSSR count). The maximum atomic E-state index is 13.1. The second-order valence-electron chi connectivity index (χ2n) is 3.20. The average Bonchev–Trinajstić information content (AvgIpc) is 2.19. The van der Waals surface area contributed by atoms with Crippen molar-refractivity contribution in [3.63, 3.8) is 0 Å². The van der Waals surface area contributed by atoms with Crippen molar-refractivity contribution in [2.24, 2.45) is 0 Å². The molecule has 0 saturated heterocycles. The molecule has 78 valence electrons. The van der Waals surface area contributed by atoms with E-state index in [4.69, 9.17) is 0 Å². The summed E-state index contributed by atoms with van der Waals surface area (Å²) in [6.07, 6.45) is 0.529. The van der Waals surface area contributed by atoms with Crippen molar-refractivity contribution in [1.82, 2.24) is 0 Å². The molecule has 0 aliphatic carbocycles. The van der Waals surface area contributed by atoms with Crippen LogP contribution in [0.4, 0.5) is 17.6 Å². The Morgan fingerprint density at radius 2 is 1.64 bits per heavy atom. The fourth-order valence-corrected chi connectivity index (χ4v) is 1.17. The highest BCUT2D eigenvalue weighted by Crippen LogP contribution is 2.26. The molecule has 0 spiro atoms. The van der Waals surface area contributed by atoms with Gasteiger partial charge in [-0.25, -0.2) is 17.6 Å². The molecule has 0 aromatic heterocycles. The molecule has 1 unspecified atom stereocenters. The summed E-state index contributed by atoms with van der Waals surface area (Å²) in [6.45, 7) is 3.37. The highest BCUT2D eigenvalue weighted by molar-refractivity contribution is 5.24. The number of hydrogen-bond acceptors (Lipinski definition) is 0. The van der Waals surface area contributed by atoms with Gasteiger partial charge in [0.2, 0.25) is 0 Å². The number of halogens is 4. The SMILES string of the molecule is CCC(C)c1cc(F)c(F)c(F)c1F. The normalized spacial score (nSPS) is 13.0. The van der Waals surface area contributed by atoms with Crippen LogP contribution >= 0.6 is 0 Å². The van der Waals surface area contributed by atoms with Crippen molar-refractivity contribution >= 4 is 0 Å². The molecule has 0 heterocycles. The highest BCUT2D eigenvalue weighted by atomic mass is 19.2. The average molecular weight is 206 g/mol. The standard InChI is InChI=1S/C10H10F4/c1-3-5(2)6-4-7(11)9(13)10(14)8(6)12/h4-5H,3H2,1-2H3. The lowest BCUT2D eigenvalue weighted by atomic mass is 9.97. The minimum absolute atomic E-state index is 0.121. The number of rotatable bonds is 2. The van der Waals surface area contributed by atoms with E-state index >= 15 is 0 Å². The Kier molecular flexibility index (Phi) is 3.13. The molecular formula is C10H10F4. The van der Waals surface area contributed by atoms with Gasteiger partial charge in [-0.05, 0) is 24.0 Å². The summed E-state index contributed by atoms with van der Waals surface area (Å²) < 4.78 is 51.1. The van der Waals surface area contributed by atoms with Gasteiger partial charge in [-0.3, -0.25) is 0 Å². The summed E-state index contributed by atoms with van der Waals surface area (Å²) in [4.78, 5) is 0. The predicted molar refractivity (Wildman–Crippen MR) is 45.0 cm³/mol. The lowest BCUT2D eigenvalue weighted by Crippen LogP contribution is -2.04. The zero-order valence-corrected chi connectivity index (χ0v) is 7.87. The maximum Gasteiger partial charge on any atom is 0.197 e. The van der Waals surface area contributed by atoms with E-state index in [1.54, 1.807) is 13.8 Å². The van der Waals surface area contributed by atoms with Crippen LogP contribution in [-0.2, 0) is 0 Å². The molecule has 1 aromatic rings. The van der Waals surface area contributed by atoms with Crippen molar-refractivity contribution in [3.8, 4) is 0 Å². The Morgan fingerprint density at radius 1 is 1.07 bits per heavy atom. The molecule has 1 aromatic carbocycles. The zero-order valence-electron chi connectivity index (χ0n) is 7.87. The molecule has 0 radical (unpaired) electrons. The monoisotopic (exact) mass is 206 g/mol. The Bertz CT molecular complexity index is 346. The molecular weight excluding hydrogens is 196 g/mol. The lowest BCUT2D eigenvalue weighted by Gasteiger charge is -2.11. The first-order chi connectivity index (χ1) is 6.49. The summed E-state index contributed by atoms with van der Waals surface area (Å²) in [7, 11) is 0. The van der Waals surface area contributed by atoms with Crippen LogP contribution in [0, 0.1) is 23.3 Å². The third kappa shape index (κ3) is 1.74.